The number of methoxy groups -OCH3 is 1. The Hall–Kier alpha value is -3.47. The number of aryl methyl sites for hydroxylation is 1. The second-order valence-corrected chi connectivity index (χ2v) is 7.45. The van der Waals surface area contributed by atoms with E-state index in [1.165, 1.54) is 23.3 Å². The molecule has 1 aliphatic rings. The van der Waals surface area contributed by atoms with Crippen molar-refractivity contribution < 1.29 is 18.8 Å². The van der Waals surface area contributed by atoms with Crippen molar-refractivity contribution >= 4 is 11.7 Å². The molecule has 2 atom stereocenters. The minimum Gasteiger partial charge on any atom is -0.497 e. The SMILES string of the molecule is COc1ccc(C(=O)O/N=C(/c2ccc(F)cc2)[C@H]2C[C@H]2c2ccc(C)cc2)cc1. The molecule has 1 saturated carbocycles. The molecule has 0 unspecified atom stereocenters. The van der Waals surface area contributed by atoms with Gasteiger partial charge in [-0.15, -0.1) is 0 Å². The van der Waals surface area contributed by atoms with Gasteiger partial charge in [-0.05, 0) is 66.8 Å². The quantitative estimate of drug-likeness (QED) is 0.310. The Morgan fingerprint density at radius 1 is 0.933 bits per heavy atom. The van der Waals surface area contributed by atoms with Gasteiger partial charge in [0.05, 0.1) is 18.4 Å². The number of hydrogen-bond donors (Lipinski definition) is 0. The van der Waals surface area contributed by atoms with Gasteiger partial charge in [0.15, 0.2) is 0 Å². The molecular formula is C25H22FNO3. The lowest BCUT2D eigenvalue weighted by Gasteiger charge is -2.08. The number of halogens is 1. The lowest BCUT2D eigenvalue weighted by Crippen LogP contribution is -2.09. The van der Waals surface area contributed by atoms with Gasteiger partial charge < -0.3 is 9.57 Å². The summed E-state index contributed by atoms with van der Waals surface area (Å²) in [6, 6.07) is 21.1. The van der Waals surface area contributed by atoms with Gasteiger partial charge in [0.1, 0.15) is 11.6 Å². The molecule has 3 aromatic rings. The molecule has 1 fully saturated rings. The number of carbonyl (C=O) groups excluding carboxylic acids is 1. The molecule has 0 aliphatic heterocycles. The first-order valence-corrected chi connectivity index (χ1v) is 9.81. The maximum Gasteiger partial charge on any atom is 0.365 e. The number of oxime groups is 1. The number of hydrogen-bond acceptors (Lipinski definition) is 4. The van der Waals surface area contributed by atoms with E-state index >= 15 is 0 Å². The third-order valence-electron chi connectivity index (χ3n) is 5.34. The summed E-state index contributed by atoms with van der Waals surface area (Å²) in [7, 11) is 1.56. The van der Waals surface area contributed by atoms with Gasteiger partial charge in [-0.25, -0.2) is 9.18 Å². The van der Waals surface area contributed by atoms with Crippen molar-refractivity contribution in [2.24, 2.45) is 11.1 Å². The summed E-state index contributed by atoms with van der Waals surface area (Å²) in [5.74, 6) is 0.195. The second-order valence-electron chi connectivity index (χ2n) is 7.45. The summed E-state index contributed by atoms with van der Waals surface area (Å²) in [6.45, 7) is 2.05. The van der Waals surface area contributed by atoms with Gasteiger partial charge in [-0.2, -0.15) is 0 Å². The first kappa shape index (κ1) is 19.8. The Kier molecular flexibility index (Phi) is 5.61. The molecular weight excluding hydrogens is 381 g/mol. The first-order chi connectivity index (χ1) is 14.5. The van der Waals surface area contributed by atoms with E-state index in [2.05, 4.69) is 36.3 Å². The molecule has 0 saturated heterocycles. The number of ether oxygens (including phenoxy) is 1. The van der Waals surface area contributed by atoms with Crippen LogP contribution < -0.4 is 4.74 Å². The fraction of sp³-hybridized carbons (Fsp3) is 0.200. The molecule has 30 heavy (non-hydrogen) atoms. The molecule has 1 aliphatic carbocycles. The molecule has 0 spiro atoms. The van der Waals surface area contributed by atoms with Crippen LogP contribution in [0.25, 0.3) is 0 Å². The van der Waals surface area contributed by atoms with Crippen molar-refractivity contribution in [3.63, 3.8) is 0 Å². The van der Waals surface area contributed by atoms with Gasteiger partial charge in [-0.1, -0.05) is 47.1 Å². The van der Waals surface area contributed by atoms with E-state index in [1.807, 2.05) is 0 Å². The van der Waals surface area contributed by atoms with E-state index in [4.69, 9.17) is 9.57 Å². The molecule has 0 aromatic heterocycles. The van der Waals surface area contributed by atoms with Crippen LogP contribution in [0.1, 0.15) is 39.4 Å². The highest BCUT2D eigenvalue weighted by atomic mass is 19.1. The highest BCUT2D eigenvalue weighted by Gasteiger charge is 2.43. The topological polar surface area (TPSA) is 47.9 Å². The minimum absolute atomic E-state index is 0.113. The van der Waals surface area contributed by atoms with Crippen LogP contribution in [0.5, 0.6) is 5.75 Å². The van der Waals surface area contributed by atoms with Crippen molar-refractivity contribution in [3.8, 4) is 5.75 Å². The van der Waals surface area contributed by atoms with Gasteiger partial charge in [0.25, 0.3) is 0 Å². The van der Waals surface area contributed by atoms with Crippen LogP contribution in [0.4, 0.5) is 4.39 Å². The van der Waals surface area contributed by atoms with Gasteiger partial charge >= 0.3 is 5.97 Å². The number of nitrogens with zero attached hydrogens (tertiary/aromatic N) is 1. The van der Waals surface area contributed by atoms with Crippen molar-refractivity contribution in [3.05, 3.63) is 101 Å². The summed E-state index contributed by atoms with van der Waals surface area (Å²) in [5.41, 5.74) is 4.21. The maximum atomic E-state index is 13.4. The zero-order valence-corrected chi connectivity index (χ0v) is 16.8. The zero-order valence-electron chi connectivity index (χ0n) is 16.8. The lowest BCUT2D eigenvalue weighted by atomic mass is 10.0. The maximum absolute atomic E-state index is 13.4. The van der Waals surface area contributed by atoms with Crippen LogP contribution in [0, 0.1) is 18.7 Å². The summed E-state index contributed by atoms with van der Waals surface area (Å²) in [5, 5.41) is 4.21. The highest BCUT2D eigenvalue weighted by Crippen LogP contribution is 2.49. The lowest BCUT2D eigenvalue weighted by molar-refractivity contribution is 0.0515. The third kappa shape index (κ3) is 4.40. The third-order valence-corrected chi connectivity index (χ3v) is 5.34. The molecule has 5 heteroatoms. The van der Waals surface area contributed by atoms with Crippen molar-refractivity contribution in [1.29, 1.82) is 0 Å². The smallest absolute Gasteiger partial charge is 0.365 e. The average Bonchev–Trinajstić information content (AvgIpc) is 3.56. The van der Waals surface area contributed by atoms with Gasteiger partial charge in [-0.3, -0.25) is 0 Å². The zero-order chi connectivity index (χ0) is 21.1. The number of benzene rings is 3. The largest absolute Gasteiger partial charge is 0.497 e. The summed E-state index contributed by atoms with van der Waals surface area (Å²) in [6.07, 6.45) is 0.902. The molecule has 0 N–H and O–H groups in total. The highest BCUT2D eigenvalue weighted by molar-refractivity contribution is 6.04. The fourth-order valence-corrected chi connectivity index (χ4v) is 3.50. The standard InChI is InChI=1S/C25H22FNO3/c1-16-3-5-17(6-4-16)22-15-23(22)24(18-7-11-20(26)12-8-18)27-30-25(28)19-9-13-21(29-2)14-10-19/h3-14,22-23H,15H2,1-2H3/b27-24-/t22-,23-/m0/s1. The van der Waals surface area contributed by atoms with E-state index in [0.29, 0.717) is 22.9 Å². The average molecular weight is 403 g/mol. The number of carbonyl (C=O) groups is 1. The molecule has 4 rings (SSSR count). The molecule has 0 heterocycles. The Bertz CT molecular complexity index is 1060. The van der Waals surface area contributed by atoms with E-state index in [9.17, 15) is 9.18 Å². The second kappa shape index (κ2) is 8.49. The van der Waals surface area contributed by atoms with Gasteiger partial charge in [0.2, 0.25) is 0 Å². The number of rotatable bonds is 6. The summed E-state index contributed by atoms with van der Waals surface area (Å²) >= 11 is 0. The predicted octanol–water partition coefficient (Wildman–Crippen LogP) is 5.51. The first-order valence-electron chi connectivity index (χ1n) is 9.81. The Balaban J connectivity index is 1.56. The van der Waals surface area contributed by atoms with Crippen LogP contribution in [0.2, 0.25) is 0 Å². The van der Waals surface area contributed by atoms with Crippen molar-refractivity contribution in [1.82, 2.24) is 0 Å². The van der Waals surface area contributed by atoms with Gasteiger partial charge in [0, 0.05) is 5.92 Å². The van der Waals surface area contributed by atoms with E-state index in [-0.39, 0.29) is 11.7 Å². The normalized spacial score (nSPS) is 18.0. The monoisotopic (exact) mass is 403 g/mol. The van der Waals surface area contributed by atoms with Crippen LogP contribution in [-0.2, 0) is 4.84 Å². The van der Waals surface area contributed by atoms with E-state index in [1.54, 1.807) is 43.5 Å². The minimum atomic E-state index is -0.551. The molecule has 0 bridgehead atoms. The molecule has 152 valence electrons. The van der Waals surface area contributed by atoms with Crippen molar-refractivity contribution in [2.45, 2.75) is 19.3 Å². The Morgan fingerprint density at radius 3 is 2.20 bits per heavy atom. The van der Waals surface area contributed by atoms with E-state index < -0.39 is 5.97 Å². The Morgan fingerprint density at radius 2 is 1.57 bits per heavy atom. The predicted molar refractivity (Wildman–Crippen MR) is 113 cm³/mol. The summed E-state index contributed by atoms with van der Waals surface area (Å²) in [4.78, 5) is 17.7. The molecule has 4 nitrogen and oxygen atoms in total. The van der Waals surface area contributed by atoms with Crippen molar-refractivity contribution in [2.75, 3.05) is 7.11 Å². The molecule has 0 radical (unpaired) electrons. The molecule has 0 amide bonds. The Labute approximate surface area is 174 Å². The van der Waals surface area contributed by atoms with Crippen LogP contribution in [0.3, 0.4) is 0 Å². The van der Waals surface area contributed by atoms with Crippen LogP contribution in [0.15, 0.2) is 78.0 Å². The van der Waals surface area contributed by atoms with E-state index in [0.717, 1.165) is 12.0 Å². The fourth-order valence-electron chi connectivity index (χ4n) is 3.50. The summed E-state index contributed by atoms with van der Waals surface area (Å²) < 4.78 is 18.5. The van der Waals surface area contributed by atoms with Crippen LogP contribution in [-0.4, -0.2) is 18.8 Å². The van der Waals surface area contributed by atoms with Crippen LogP contribution >= 0.6 is 0 Å². The molecule has 3 aromatic carbocycles.